The zero-order valence-electron chi connectivity index (χ0n) is 18.6. The molecule has 1 saturated heterocycles. The summed E-state index contributed by atoms with van der Waals surface area (Å²) in [5.41, 5.74) is 4.97. The highest BCUT2D eigenvalue weighted by atomic mass is 19.1. The summed E-state index contributed by atoms with van der Waals surface area (Å²) in [5.74, 6) is -0.692. The number of aryl methyl sites for hydroxylation is 1. The normalized spacial score (nSPS) is 14.8. The number of hydrogen-bond acceptors (Lipinski definition) is 5. The molecule has 2 N–H and O–H groups in total. The van der Waals surface area contributed by atoms with Crippen LogP contribution in [0.1, 0.15) is 21.5 Å². The molecule has 1 amide bonds. The fourth-order valence-corrected chi connectivity index (χ4v) is 4.47. The molecule has 0 spiro atoms. The Morgan fingerprint density at radius 1 is 1.18 bits per heavy atom. The van der Waals surface area contributed by atoms with Crippen LogP contribution in [0.25, 0.3) is 16.6 Å². The van der Waals surface area contributed by atoms with E-state index in [1.807, 2.05) is 30.2 Å². The number of carbonyl (C=O) groups excluding carboxylic acids is 1. The van der Waals surface area contributed by atoms with E-state index < -0.39 is 0 Å². The van der Waals surface area contributed by atoms with Crippen molar-refractivity contribution in [2.24, 2.45) is 0 Å². The molecule has 0 saturated carbocycles. The predicted molar refractivity (Wildman–Crippen MR) is 125 cm³/mol. The lowest BCUT2D eigenvalue weighted by molar-refractivity contribution is 0.0962. The number of aromatic amines is 1. The van der Waals surface area contributed by atoms with Crippen LogP contribution >= 0.6 is 0 Å². The Bertz CT molecular complexity index is 1420. The molecule has 170 valence electrons. The number of rotatable bonds is 4. The third kappa shape index (κ3) is 3.95. The maximum atomic E-state index is 14.6. The number of nitrogens with one attached hydrogen (secondary N) is 2. The number of halogens is 1. The molecule has 0 atom stereocenters. The molecule has 8 nitrogen and oxygen atoms in total. The van der Waals surface area contributed by atoms with E-state index in [2.05, 4.69) is 20.2 Å². The highest BCUT2D eigenvalue weighted by Gasteiger charge is 2.21. The van der Waals surface area contributed by atoms with Gasteiger partial charge in [0.15, 0.2) is 0 Å². The monoisotopic (exact) mass is 448 g/mol. The molecule has 1 aliphatic rings. The number of pyridine rings is 1. The first-order chi connectivity index (χ1) is 15.9. The minimum atomic E-state index is -0.390. The summed E-state index contributed by atoms with van der Waals surface area (Å²) < 4.78 is 16.2. The van der Waals surface area contributed by atoms with Crippen molar-refractivity contribution < 1.29 is 9.18 Å². The second kappa shape index (κ2) is 8.32. The molecular weight excluding hydrogens is 423 g/mol. The van der Waals surface area contributed by atoms with Gasteiger partial charge in [0.25, 0.3) is 5.91 Å². The Hall–Kier alpha value is -3.72. The number of benzene rings is 1. The molecule has 5 rings (SSSR count). The summed E-state index contributed by atoms with van der Waals surface area (Å²) in [4.78, 5) is 35.9. The van der Waals surface area contributed by atoms with Crippen molar-refractivity contribution in [3.05, 3.63) is 75.7 Å². The summed E-state index contributed by atoms with van der Waals surface area (Å²) in [7, 11) is 1.53. The molecule has 33 heavy (non-hydrogen) atoms. The Labute approximate surface area is 189 Å². The van der Waals surface area contributed by atoms with E-state index in [-0.39, 0.29) is 17.4 Å². The molecule has 0 unspecified atom stereocenters. The third-order valence-corrected chi connectivity index (χ3v) is 6.16. The molecule has 4 aromatic rings. The van der Waals surface area contributed by atoms with E-state index in [4.69, 9.17) is 0 Å². The first-order valence-corrected chi connectivity index (χ1v) is 10.9. The standard InChI is InChI=1S/C24H25FN6O2/c1-15-9-21-22-19(28-24(33)31(21)13-15)10-16(12-27-22)14-29-5-7-30(8-6-29)20-4-3-17(11-18(20)25)23(32)26-2/h3-4,9-13H,5-8,14H2,1-2H3,(H,26,32)(H,28,33). The van der Waals surface area contributed by atoms with Crippen molar-refractivity contribution in [3.8, 4) is 0 Å². The van der Waals surface area contributed by atoms with Gasteiger partial charge in [-0.15, -0.1) is 0 Å². The van der Waals surface area contributed by atoms with Gasteiger partial charge in [-0.3, -0.25) is 19.1 Å². The van der Waals surface area contributed by atoms with Gasteiger partial charge in [-0.1, -0.05) is 0 Å². The van der Waals surface area contributed by atoms with Crippen molar-refractivity contribution in [1.82, 2.24) is 24.6 Å². The average Bonchev–Trinajstić information content (AvgIpc) is 3.21. The lowest BCUT2D eigenvalue weighted by atomic mass is 10.1. The second-order valence-electron chi connectivity index (χ2n) is 8.45. The average molecular weight is 449 g/mol. The number of piperazine rings is 1. The van der Waals surface area contributed by atoms with Crippen LogP contribution in [0.5, 0.6) is 0 Å². The minimum Gasteiger partial charge on any atom is -0.367 e. The smallest absolute Gasteiger partial charge is 0.330 e. The van der Waals surface area contributed by atoms with Gasteiger partial charge in [0.1, 0.15) is 11.3 Å². The van der Waals surface area contributed by atoms with E-state index in [0.29, 0.717) is 30.9 Å². The molecule has 3 aromatic heterocycles. The lowest BCUT2D eigenvalue weighted by Crippen LogP contribution is -2.46. The van der Waals surface area contributed by atoms with Gasteiger partial charge >= 0.3 is 5.69 Å². The van der Waals surface area contributed by atoms with Gasteiger partial charge in [-0.25, -0.2) is 9.18 Å². The second-order valence-corrected chi connectivity index (χ2v) is 8.45. The zero-order valence-corrected chi connectivity index (χ0v) is 18.6. The Morgan fingerprint density at radius 3 is 2.70 bits per heavy atom. The first kappa shape index (κ1) is 21.1. The summed E-state index contributed by atoms with van der Waals surface area (Å²) in [6.07, 6.45) is 3.66. The number of H-pyrrole nitrogens is 1. The van der Waals surface area contributed by atoms with Gasteiger partial charge in [-0.05, 0) is 48.4 Å². The van der Waals surface area contributed by atoms with Gasteiger partial charge in [0.2, 0.25) is 0 Å². The molecule has 9 heteroatoms. The summed E-state index contributed by atoms with van der Waals surface area (Å²) in [5, 5.41) is 2.51. The van der Waals surface area contributed by atoms with Crippen LogP contribution in [0.4, 0.5) is 10.1 Å². The van der Waals surface area contributed by atoms with E-state index in [1.54, 1.807) is 22.7 Å². The van der Waals surface area contributed by atoms with Gasteiger partial charge in [0.05, 0.1) is 16.7 Å². The molecule has 0 radical (unpaired) electrons. The minimum absolute atomic E-state index is 0.178. The predicted octanol–water partition coefficient (Wildman–Crippen LogP) is 2.31. The van der Waals surface area contributed by atoms with E-state index in [0.717, 1.165) is 40.8 Å². The van der Waals surface area contributed by atoms with Crippen molar-refractivity contribution in [2.45, 2.75) is 13.5 Å². The lowest BCUT2D eigenvalue weighted by Gasteiger charge is -2.36. The number of aromatic nitrogens is 3. The van der Waals surface area contributed by atoms with E-state index in [9.17, 15) is 14.0 Å². The van der Waals surface area contributed by atoms with Gasteiger partial charge < -0.3 is 15.2 Å². The molecule has 0 bridgehead atoms. The Kier molecular flexibility index (Phi) is 5.33. The highest BCUT2D eigenvalue weighted by Crippen LogP contribution is 2.23. The van der Waals surface area contributed by atoms with Crippen molar-refractivity contribution >= 4 is 28.1 Å². The maximum absolute atomic E-state index is 14.6. The van der Waals surface area contributed by atoms with E-state index in [1.165, 1.54) is 13.1 Å². The van der Waals surface area contributed by atoms with Crippen LogP contribution in [-0.4, -0.2) is 58.4 Å². The number of anilines is 1. The van der Waals surface area contributed by atoms with E-state index >= 15 is 0 Å². The first-order valence-electron chi connectivity index (χ1n) is 10.9. The number of amides is 1. The van der Waals surface area contributed by atoms with Crippen LogP contribution in [0.2, 0.25) is 0 Å². The fourth-order valence-electron chi connectivity index (χ4n) is 4.47. The summed E-state index contributed by atoms with van der Waals surface area (Å²) in [6.45, 7) is 5.54. The Morgan fingerprint density at radius 2 is 1.97 bits per heavy atom. The number of fused-ring (bicyclic) bond motifs is 3. The largest absolute Gasteiger partial charge is 0.367 e. The topological polar surface area (TPSA) is 85.7 Å². The number of carbonyl (C=O) groups is 1. The molecule has 0 aliphatic carbocycles. The van der Waals surface area contributed by atoms with Gasteiger partial charge in [-0.2, -0.15) is 0 Å². The van der Waals surface area contributed by atoms with Crippen LogP contribution in [0, 0.1) is 12.7 Å². The molecule has 1 aromatic carbocycles. The number of nitrogens with zero attached hydrogens (tertiary/aromatic N) is 4. The zero-order chi connectivity index (χ0) is 23.1. The van der Waals surface area contributed by atoms with Crippen molar-refractivity contribution in [3.63, 3.8) is 0 Å². The van der Waals surface area contributed by atoms with Crippen molar-refractivity contribution in [2.75, 3.05) is 38.1 Å². The maximum Gasteiger partial charge on any atom is 0.330 e. The van der Waals surface area contributed by atoms with Crippen LogP contribution < -0.4 is 15.9 Å². The molecular formula is C24H25FN6O2. The quantitative estimate of drug-likeness (QED) is 0.501. The van der Waals surface area contributed by atoms with Crippen LogP contribution in [0.15, 0.2) is 47.5 Å². The molecule has 4 heterocycles. The SMILES string of the molecule is CNC(=O)c1ccc(N2CCN(Cc3cnc4c(c3)[nH]c(=O)n3cc(C)cc43)CC2)c(F)c1. The summed E-state index contributed by atoms with van der Waals surface area (Å²) >= 11 is 0. The molecule has 1 aliphatic heterocycles. The Balaban J connectivity index is 1.29. The van der Waals surface area contributed by atoms with Crippen LogP contribution in [0.3, 0.4) is 0 Å². The molecule has 1 fully saturated rings. The van der Waals surface area contributed by atoms with Crippen molar-refractivity contribution in [1.29, 1.82) is 0 Å². The van der Waals surface area contributed by atoms with Gasteiger partial charge in [0, 0.05) is 57.7 Å². The fraction of sp³-hybridized carbons (Fsp3) is 0.292. The van der Waals surface area contributed by atoms with Crippen LogP contribution in [-0.2, 0) is 6.54 Å². The number of hydrogen-bond donors (Lipinski definition) is 2. The summed E-state index contributed by atoms with van der Waals surface area (Å²) in [6, 6.07) is 8.54. The third-order valence-electron chi connectivity index (χ3n) is 6.16. The highest BCUT2D eigenvalue weighted by molar-refractivity contribution is 5.94.